The molecule has 0 aromatic rings. The second-order valence-electron chi connectivity index (χ2n) is 5.40. The zero-order valence-corrected chi connectivity index (χ0v) is 13.3. The van der Waals surface area contributed by atoms with Crippen LogP contribution in [0.1, 0.15) is 54.4 Å². The Labute approximate surface area is 118 Å². The minimum absolute atomic E-state index is 0.00250. The summed E-state index contributed by atoms with van der Waals surface area (Å²) in [5.74, 6) is -0.231. The standard InChI is InChI=1S/C17H30FN/c1-7-11-12-14(17(6,9-3)10-4)13(5)16(19)15(18)8-2/h7-8,11-13,16H,9-10,19H2,1-6H3/b11-7-,14-12-,15-8+. The number of hydrogen-bond acceptors (Lipinski definition) is 1. The second kappa shape index (κ2) is 8.31. The van der Waals surface area contributed by atoms with Crippen LogP contribution in [0.3, 0.4) is 0 Å². The minimum atomic E-state index is -0.557. The predicted octanol–water partition coefficient (Wildman–Crippen LogP) is 5.15. The van der Waals surface area contributed by atoms with Crippen molar-refractivity contribution in [2.75, 3.05) is 0 Å². The zero-order chi connectivity index (χ0) is 15.1. The van der Waals surface area contributed by atoms with Gasteiger partial charge in [-0.2, -0.15) is 0 Å². The molecule has 0 aromatic heterocycles. The Hall–Kier alpha value is -0.890. The fraction of sp³-hybridized carbons (Fsp3) is 0.647. The summed E-state index contributed by atoms with van der Waals surface area (Å²) in [7, 11) is 0. The molecule has 19 heavy (non-hydrogen) atoms. The quantitative estimate of drug-likeness (QED) is 0.634. The van der Waals surface area contributed by atoms with E-state index in [0.29, 0.717) is 0 Å². The molecule has 0 aliphatic carbocycles. The predicted molar refractivity (Wildman–Crippen MR) is 83.6 cm³/mol. The van der Waals surface area contributed by atoms with Crippen LogP contribution < -0.4 is 5.73 Å². The molecule has 0 bridgehead atoms. The van der Waals surface area contributed by atoms with E-state index in [1.54, 1.807) is 6.92 Å². The van der Waals surface area contributed by atoms with Gasteiger partial charge in [-0.3, -0.25) is 0 Å². The maximum absolute atomic E-state index is 13.7. The normalized spacial score (nSPS) is 17.9. The number of nitrogens with two attached hydrogens (primary N) is 1. The number of hydrogen-bond donors (Lipinski definition) is 1. The summed E-state index contributed by atoms with van der Waals surface area (Å²) in [6.07, 6.45) is 9.65. The molecular weight excluding hydrogens is 237 g/mol. The third-order valence-corrected chi connectivity index (χ3v) is 4.35. The van der Waals surface area contributed by atoms with E-state index >= 15 is 0 Å². The third kappa shape index (κ3) is 4.61. The molecule has 2 heteroatoms. The van der Waals surface area contributed by atoms with Crippen LogP contribution in [0, 0.1) is 11.3 Å². The Balaban J connectivity index is 5.51. The SMILES string of the molecule is C/C=C\C=C(\C(C)C(N)/C(F)=C\C)C(C)(CC)CC. The van der Waals surface area contributed by atoms with Crippen molar-refractivity contribution in [2.24, 2.45) is 17.1 Å². The fourth-order valence-corrected chi connectivity index (χ4v) is 2.39. The third-order valence-electron chi connectivity index (χ3n) is 4.35. The van der Waals surface area contributed by atoms with E-state index in [-0.39, 0.29) is 17.2 Å². The molecule has 110 valence electrons. The topological polar surface area (TPSA) is 26.0 Å². The molecule has 1 nitrogen and oxygen atoms in total. The van der Waals surface area contributed by atoms with Crippen LogP contribution in [0.2, 0.25) is 0 Å². The molecule has 2 atom stereocenters. The van der Waals surface area contributed by atoms with Crippen molar-refractivity contribution in [1.82, 2.24) is 0 Å². The van der Waals surface area contributed by atoms with Gasteiger partial charge >= 0.3 is 0 Å². The van der Waals surface area contributed by atoms with Crippen molar-refractivity contribution in [3.05, 3.63) is 35.7 Å². The molecule has 0 radical (unpaired) electrons. The maximum atomic E-state index is 13.7. The first kappa shape index (κ1) is 18.1. The van der Waals surface area contributed by atoms with Crippen LogP contribution in [0.4, 0.5) is 4.39 Å². The smallest absolute Gasteiger partial charge is 0.113 e. The monoisotopic (exact) mass is 267 g/mol. The summed E-state index contributed by atoms with van der Waals surface area (Å²) >= 11 is 0. The van der Waals surface area contributed by atoms with Gasteiger partial charge in [-0.15, -0.1) is 0 Å². The summed E-state index contributed by atoms with van der Waals surface area (Å²) < 4.78 is 13.7. The van der Waals surface area contributed by atoms with E-state index in [2.05, 4.69) is 26.8 Å². The summed E-state index contributed by atoms with van der Waals surface area (Å²) in [4.78, 5) is 0. The summed E-state index contributed by atoms with van der Waals surface area (Å²) in [6.45, 7) is 12.3. The van der Waals surface area contributed by atoms with Gasteiger partial charge in [0.1, 0.15) is 5.83 Å². The highest BCUT2D eigenvalue weighted by Gasteiger charge is 2.32. The lowest BCUT2D eigenvalue weighted by atomic mass is 9.70. The molecule has 0 aliphatic heterocycles. The molecule has 0 aliphatic rings. The van der Waals surface area contributed by atoms with E-state index in [0.717, 1.165) is 12.8 Å². The minimum Gasteiger partial charge on any atom is -0.322 e. The van der Waals surface area contributed by atoms with Crippen LogP contribution in [-0.4, -0.2) is 6.04 Å². The van der Waals surface area contributed by atoms with E-state index in [4.69, 9.17) is 5.73 Å². The molecule has 0 rings (SSSR count). The lowest BCUT2D eigenvalue weighted by Gasteiger charge is -2.36. The highest BCUT2D eigenvalue weighted by atomic mass is 19.1. The van der Waals surface area contributed by atoms with Gasteiger partial charge in [0, 0.05) is 0 Å². The molecule has 0 saturated carbocycles. The van der Waals surface area contributed by atoms with Gasteiger partial charge in [-0.05, 0) is 38.0 Å². The average molecular weight is 267 g/mol. The Morgan fingerprint density at radius 3 is 2.16 bits per heavy atom. The lowest BCUT2D eigenvalue weighted by Crippen LogP contribution is -2.35. The van der Waals surface area contributed by atoms with E-state index in [1.807, 2.05) is 26.0 Å². The van der Waals surface area contributed by atoms with E-state index < -0.39 is 6.04 Å². The number of allylic oxidation sites excluding steroid dienone is 4. The molecular formula is C17H30FN. The highest BCUT2D eigenvalue weighted by molar-refractivity contribution is 5.25. The van der Waals surface area contributed by atoms with Gasteiger partial charge in [0.05, 0.1) is 6.04 Å². The van der Waals surface area contributed by atoms with Crippen molar-refractivity contribution in [2.45, 2.75) is 60.4 Å². The van der Waals surface area contributed by atoms with Crippen molar-refractivity contribution >= 4 is 0 Å². The Morgan fingerprint density at radius 2 is 1.79 bits per heavy atom. The largest absolute Gasteiger partial charge is 0.322 e. The first-order valence-electron chi connectivity index (χ1n) is 7.28. The summed E-state index contributed by atoms with van der Waals surface area (Å²) in [5.41, 5.74) is 7.35. The van der Waals surface area contributed by atoms with Crippen molar-refractivity contribution in [3.63, 3.8) is 0 Å². The van der Waals surface area contributed by atoms with Crippen LogP contribution in [0.5, 0.6) is 0 Å². The summed E-state index contributed by atoms with van der Waals surface area (Å²) in [5, 5.41) is 0. The van der Waals surface area contributed by atoms with Gasteiger partial charge in [0.25, 0.3) is 0 Å². The zero-order valence-electron chi connectivity index (χ0n) is 13.3. The van der Waals surface area contributed by atoms with Crippen LogP contribution in [0.15, 0.2) is 35.7 Å². The molecule has 2 N–H and O–H groups in total. The Kier molecular flexibility index (Phi) is 7.93. The van der Waals surface area contributed by atoms with Crippen molar-refractivity contribution < 1.29 is 4.39 Å². The van der Waals surface area contributed by atoms with Crippen molar-refractivity contribution in [3.8, 4) is 0 Å². The van der Waals surface area contributed by atoms with Gasteiger partial charge in [-0.25, -0.2) is 4.39 Å². The van der Waals surface area contributed by atoms with Gasteiger partial charge < -0.3 is 5.73 Å². The lowest BCUT2D eigenvalue weighted by molar-refractivity contribution is 0.312. The molecule has 0 amide bonds. The molecule has 0 heterocycles. The summed E-state index contributed by atoms with van der Waals surface area (Å²) in [6, 6.07) is -0.557. The average Bonchev–Trinajstić information content (AvgIpc) is 2.45. The molecule has 0 saturated heterocycles. The van der Waals surface area contributed by atoms with Gasteiger partial charge in [0.15, 0.2) is 0 Å². The molecule has 2 unspecified atom stereocenters. The van der Waals surface area contributed by atoms with E-state index in [1.165, 1.54) is 11.6 Å². The maximum Gasteiger partial charge on any atom is 0.113 e. The van der Waals surface area contributed by atoms with Gasteiger partial charge in [-0.1, -0.05) is 57.6 Å². The highest BCUT2D eigenvalue weighted by Crippen LogP contribution is 2.40. The van der Waals surface area contributed by atoms with E-state index in [9.17, 15) is 4.39 Å². The Morgan fingerprint density at radius 1 is 1.26 bits per heavy atom. The van der Waals surface area contributed by atoms with Crippen LogP contribution >= 0.6 is 0 Å². The molecule has 0 spiro atoms. The number of rotatable bonds is 7. The van der Waals surface area contributed by atoms with Crippen LogP contribution in [-0.2, 0) is 0 Å². The Bertz CT molecular complexity index is 348. The van der Waals surface area contributed by atoms with Crippen molar-refractivity contribution in [1.29, 1.82) is 0 Å². The molecule has 0 aromatic carbocycles. The number of halogens is 1. The van der Waals surface area contributed by atoms with Gasteiger partial charge in [0.2, 0.25) is 0 Å². The first-order valence-corrected chi connectivity index (χ1v) is 7.28. The van der Waals surface area contributed by atoms with Crippen LogP contribution in [0.25, 0.3) is 0 Å². The fourth-order valence-electron chi connectivity index (χ4n) is 2.39. The first-order chi connectivity index (χ1) is 8.87. The molecule has 0 fully saturated rings. The second-order valence-corrected chi connectivity index (χ2v) is 5.40.